The Balaban J connectivity index is 4.35. The Bertz CT molecular complexity index is 1230. The van der Waals surface area contributed by atoms with Gasteiger partial charge in [-0.1, -0.05) is 189 Å². The highest BCUT2D eigenvalue weighted by molar-refractivity contribution is 5.72. The molecule has 0 aliphatic rings. The first kappa shape index (κ1) is 57.8. The number of unbranched alkanes of at least 4 members (excludes halogenated alkanes) is 21. The van der Waals surface area contributed by atoms with Crippen molar-refractivity contribution in [3.05, 3.63) is 72.9 Å². The van der Waals surface area contributed by atoms with E-state index in [9.17, 15) is 19.5 Å². The molecule has 0 aromatic rings. The lowest BCUT2D eigenvalue weighted by atomic mass is 10.1. The molecule has 0 radical (unpaired) electrons. The SMILES string of the molecule is CCC/C=C/C=C/C=C/C=C/C=C/CCCCCCCC(=O)OC(COCCC(C(=O)O)[N+](C)(C)C)COC(=O)CCCCCCCCC/C=C/CCCCCCCCCC. The molecular weight excluding hydrogens is 763 g/mol. The van der Waals surface area contributed by atoms with Crippen molar-refractivity contribution in [2.45, 2.75) is 206 Å². The van der Waals surface area contributed by atoms with Crippen LogP contribution in [0.3, 0.4) is 0 Å². The van der Waals surface area contributed by atoms with Crippen LogP contribution in [-0.2, 0) is 28.6 Å². The van der Waals surface area contributed by atoms with Crippen LogP contribution < -0.4 is 0 Å². The average Bonchev–Trinajstić information content (AvgIpc) is 3.22. The van der Waals surface area contributed by atoms with E-state index < -0.39 is 18.1 Å². The summed E-state index contributed by atoms with van der Waals surface area (Å²) in [5.41, 5.74) is 0. The maximum atomic E-state index is 12.8. The Kier molecular flexibility index (Phi) is 41.1. The van der Waals surface area contributed by atoms with E-state index in [2.05, 4.69) is 50.3 Å². The van der Waals surface area contributed by atoms with E-state index in [4.69, 9.17) is 14.2 Å². The number of quaternary nitrogens is 1. The van der Waals surface area contributed by atoms with Gasteiger partial charge in [0.25, 0.3) is 0 Å². The molecule has 0 saturated carbocycles. The Hall–Kier alpha value is -3.23. The van der Waals surface area contributed by atoms with Crippen molar-refractivity contribution in [1.82, 2.24) is 0 Å². The monoisotopic (exact) mass is 855 g/mol. The first-order valence-electron chi connectivity index (χ1n) is 24.5. The number of hydrogen-bond donors (Lipinski definition) is 1. The molecule has 0 rings (SSSR count). The molecule has 0 aromatic heterocycles. The van der Waals surface area contributed by atoms with Crippen LogP contribution in [0.4, 0.5) is 0 Å². The second-order valence-corrected chi connectivity index (χ2v) is 17.5. The molecule has 2 atom stereocenters. The lowest BCUT2D eigenvalue weighted by molar-refractivity contribution is -0.887. The number of rotatable bonds is 43. The molecular formula is C53H92NO7+. The molecule has 61 heavy (non-hydrogen) atoms. The predicted octanol–water partition coefficient (Wildman–Crippen LogP) is 13.9. The third-order valence-electron chi connectivity index (χ3n) is 10.7. The van der Waals surface area contributed by atoms with Crippen LogP contribution in [0.15, 0.2) is 72.9 Å². The number of carboxylic acid groups (broad SMARTS) is 1. The van der Waals surface area contributed by atoms with Gasteiger partial charge in [0.1, 0.15) is 6.61 Å². The molecule has 350 valence electrons. The summed E-state index contributed by atoms with van der Waals surface area (Å²) in [6.07, 6.45) is 55.1. The van der Waals surface area contributed by atoms with Crippen LogP contribution >= 0.6 is 0 Å². The van der Waals surface area contributed by atoms with Gasteiger partial charge in [-0.3, -0.25) is 9.59 Å². The Morgan fingerprint density at radius 2 is 0.918 bits per heavy atom. The molecule has 0 saturated heterocycles. The molecule has 0 aromatic carbocycles. The van der Waals surface area contributed by atoms with Gasteiger partial charge in [-0.25, -0.2) is 4.79 Å². The topological polar surface area (TPSA) is 99.1 Å². The van der Waals surface area contributed by atoms with Crippen molar-refractivity contribution in [2.24, 2.45) is 0 Å². The van der Waals surface area contributed by atoms with Crippen LogP contribution in [0.2, 0.25) is 0 Å². The average molecular weight is 855 g/mol. The van der Waals surface area contributed by atoms with Gasteiger partial charge in [-0.2, -0.15) is 0 Å². The fourth-order valence-electron chi connectivity index (χ4n) is 6.88. The second kappa shape index (κ2) is 43.4. The van der Waals surface area contributed by atoms with Gasteiger partial charge in [-0.05, 0) is 57.8 Å². The van der Waals surface area contributed by atoms with Gasteiger partial charge in [-0.15, -0.1) is 0 Å². The quantitative estimate of drug-likeness (QED) is 0.0214. The number of carboxylic acids is 1. The highest BCUT2D eigenvalue weighted by atomic mass is 16.6. The van der Waals surface area contributed by atoms with E-state index >= 15 is 0 Å². The Morgan fingerprint density at radius 3 is 1.39 bits per heavy atom. The molecule has 8 heteroatoms. The number of ether oxygens (including phenoxy) is 3. The minimum absolute atomic E-state index is 0.0459. The molecule has 8 nitrogen and oxygen atoms in total. The standard InChI is InChI=1S/C53H91NO7/c1-6-8-10-12-14-16-18-20-22-24-26-28-29-31-33-35-37-39-41-43-51(55)60-48-49(47-59-46-45-50(53(57)58)54(3,4)5)61-52(56)44-42-40-38-36-34-32-30-27-25-23-21-19-17-15-13-11-9-7-2/h11,13,15,17,19,21,23-27,30,49-50H,6-10,12,14,16,18,20,22,28-29,31-48H2,1-5H3/p+1/b13-11+,17-15+,21-19+,25-23+,26-24+,30-27+. The molecule has 0 heterocycles. The number of nitrogens with zero attached hydrogens (tertiary/aromatic N) is 1. The highest BCUT2D eigenvalue weighted by Gasteiger charge is 2.31. The van der Waals surface area contributed by atoms with Crippen LogP contribution in [0.5, 0.6) is 0 Å². The van der Waals surface area contributed by atoms with Gasteiger partial charge in [0.15, 0.2) is 12.1 Å². The molecule has 0 bridgehead atoms. The summed E-state index contributed by atoms with van der Waals surface area (Å²) >= 11 is 0. The molecule has 2 unspecified atom stereocenters. The van der Waals surface area contributed by atoms with Crippen molar-refractivity contribution in [1.29, 1.82) is 0 Å². The van der Waals surface area contributed by atoms with Crippen molar-refractivity contribution >= 4 is 17.9 Å². The Morgan fingerprint density at radius 1 is 0.492 bits per heavy atom. The zero-order valence-electron chi connectivity index (χ0n) is 39.8. The molecule has 0 fully saturated rings. The summed E-state index contributed by atoms with van der Waals surface area (Å²) in [6.45, 7) is 4.62. The summed E-state index contributed by atoms with van der Waals surface area (Å²) < 4.78 is 17.3. The zero-order valence-corrected chi connectivity index (χ0v) is 39.8. The van der Waals surface area contributed by atoms with Gasteiger partial charge < -0.3 is 23.8 Å². The fraction of sp³-hybridized carbons (Fsp3) is 0.717. The number of allylic oxidation sites excluding steroid dienone is 12. The third kappa shape index (κ3) is 41.9. The number of carbonyl (C=O) groups excluding carboxylic acids is 2. The summed E-state index contributed by atoms with van der Waals surface area (Å²) in [7, 11) is 5.52. The highest BCUT2D eigenvalue weighted by Crippen LogP contribution is 2.14. The van der Waals surface area contributed by atoms with Gasteiger partial charge in [0.2, 0.25) is 0 Å². The predicted molar refractivity (Wildman–Crippen MR) is 257 cm³/mol. The number of likely N-dealkylation sites (N-methyl/N-ethyl adjacent to an activating group) is 1. The molecule has 0 spiro atoms. The largest absolute Gasteiger partial charge is 0.477 e. The van der Waals surface area contributed by atoms with E-state index in [-0.39, 0.29) is 36.2 Å². The minimum Gasteiger partial charge on any atom is -0.477 e. The second-order valence-electron chi connectivity index (χ2n) is 17.5. The van der Waals surface area contributed by atoms with E-state index in [1.807, 2.05) is 57.6 Å². The van der Waals surface area contributed by atoms with Crippen molar-refractivity contribution in [3.63, 3.8) is 0 Å². The zero-order chi connectivity index (χ0) is 44.9. The number of aliphatic carboxylic acids is 1. The van der Waals surface area contributed by atoms with E-state index in [1.54, 1.807) is 0 Å². The van der Waals surface area contributed by atoms with E-state index in [1.165, 1.54) is 96.3 Å². The Labute approximate surface area is 374 Å². The minimum atomic E-state index is -0.882. The van der Waals surface area contributed by atoms with Crippen molar-refractivity contribution in [2.75, 3.05) is 41.0 Å². The van der Waals surface area contributed by atoms with Gasteiger partial charge >= 0.3 is 17.9 Å². The number of carbonyl (C=O) groups is 3. The fourth-order valence-corrected chi connectivity index (χ4v) is 6.88. The maximum Gasteiger partial charge on any atom is 0.362 e. The summed E-state index contributed by atoms with van der Waals surface area (Å²) in [6, 6.07) is -0.624. The van der Waals surface area contributed by atoms with E-state index in [0.717, 1.165) is 64.2 Å². The lowest BCUT2D eigenvalue weighted by Crippen LogP contribution is -2.50. The lowest BCUT2D eigenvalue weighted by Gasteiger charge is -2.31. The normalized spacial score (nSPS) is 13.5. The van der Waals surface area contributed by atoms with Crippen LogP contribution in [0.1, 0.15) is 194 Å². The summed E-state index contributed by atoms with van der Waals surface area (Å²) in [4.78, 5) is 37.1. The molecule has 1 N–H and O–H groups in total. The van der Waals surface area contributed by atoms with Gasteiger partial charge in [0.05, 0.1) is 34.4 Å². The molecule has 0 aliphatic heterocycles. The molecule has 0 amide bonds. The first-order chi connectivity index (χ1) is 29.6. The van der Waals surface area contributed by atoms with Crippen LogP contribution in [0, 0.1) is 0 Å². The molecule has 0 aliphatic carbocycles. The third-order valence-corrected chi connectivity index (χ3v) is 10.7. The summed E-state index contributed by atoms with van der Waals surface area (Å²) in [5.74, 6) is -1.51. The summed E-state index contributed by atoms with van der Waals surface area (Å²) in [5, 5.41) is 9.64. The first-order valence-corrected chi connectivity index (χ1v) is 24.5. The van der Waals surface area contributed by atoms with Crippen LogP contribution in [0.25, 0.3) is 0 Å². The smallest absolute Gasteiger partial charge is 0.362 e. The van der Waals surface area contributed by atoms with Crippen molar-refractivity contribution in [3.8, 4) is 0 Å². The van der Waals surface area contributed by atoms with Crippen molar-refractivity contribution < 1.29 is 38.2 Å². The van der Waals surface area contributed by atoms with Gasteiger partial charge in [0, 0.05) is 19.3 Å². The maximum absolute atomic E-state index is 12.8. The number of esters is 2. The number of hydrogen-bond acceptors (Lipinski definition) is 6. The van der Waals surface area contributed by atoms with Crippen LogP contribution in [-0.4, -0.2) is 80.6 Å². The van der Waals surface area contributed by atoms with E-state index in [0.29, 0.717) is 19.3 Å².